The van der Waals surface area contributed by atoms with Crippen LogP contribution in [0.3, 0.4) is 0 Å². The lowest BCUT2D eigenvalue weighted by molar-refractivity contribution is -0.143. The number of benzene rings is 3. The molecule has 0 aliphatic carbocycles. The molecule has 0 fully saturated rings. The van der Waals surface area contributed by atoms with Crippen LogP contribution in [0.15, 0.2) is 72.8 Å². The Bertz CT molecular complexity index is 1170. The molecule has 0 unspecified atom stereocenters. The van der Waals surface area contributed by atoms with Crippen LogP contribution in [0.2, 0.25) is 15.1 Å². The number of halogens is 3. The van der Waals surface area contributed by atoms with Gasteiger partial charge >= 0.3 is 0 Å². The molecule has 3 rings (SSSR count). The van der Waals surface area contributed by atoms with E-state index < -0.39 is 6.04 Å². The van der Waals surface area contributed by atoms with Crippen LogP contribution >= 0.6 is 34.8 Å². The van der Waals surface area contributed by atoms with Gasteiger partial charge in [0.2, 0.25) is 5.91 Å². The van der Waals surface area contributed by atoms with Crippen LogP contribution in [0.5, 0.6) is 5.75 Å². The van der Waals surface area contributed by atoms with Crippen LogP contribution in [-0.4, -0.2) is 35.4 Å². The number of rotatable bonds is 11. The molecule has 8 heteroatoms. The third-order valence-electron chi connectivity index (χ3n) is 5.79. The second-order valence-electron chi connectivity index (χ2n) is 8.53. The summed E-state index contributed by atoms with van der Waals surface area (Å²) in [7, 11) is 0. The van der Waals surface area contributed by atoms with Gasteiger partial charge in [-0.3, -0.25) is 9.59 Å². The number of carbonyl (C=O) groups is 2. The van der Waals surface area contributed by atoms with Crippen molar-refractivity contribution in [2.75, 3.05) is 6.61 Å². The summed E-state index contributed by atoms with van der Waals surface area (Å²) in [4.78, 5) is 28.6. The van der Waals surface area contributed by atoms with Gasteiger partial charge in [-0.2, -0.15) is 0 Å². The highest BCUT2D eigenvalue weighted by Gasteiger charge is 2.31. The number of carbonyl (C=O) groups excluding carboxylic acids is 2. The van der Waals surface area contributed by atoms with Crippen molar-refractivity contribution in [3.05, 3.63) is 99.0 Å². The first-order valence-corrected chi connectivity index (χ1v) is 12.9. The zero-order valence-corrected chi connectivity index (χ0v) is 22.5. The summed E-state index contributed by atoms with van der Waals surface area (Å²) >= 11 is 18.6. The molecule has 5 nitrogen and oxygen atoms in total. The fourth-order valence-corrected chi connectivity index (χ4v) is 4.26. The first kappa shape index (κ1) is 27.9. The largest absolute Gasteiger partial charge is 0.484 e. The third kappa shape index (κ3) is 8.16. The number of amides is 2. The van der Waals surface area contributed by atoms with Crippen LogP contribution in [0.4, 0.5) is 0 Å². The van der Waals surface area contributed by atoms with E-state index in [1.807, 2.05) is 44.2 Å². The van der Waals surface area contributed by atoms with Crippen LogP contribution in [0.1, 0.15) is 31.4 Å². The molecule has 0 saturated carbocycles. The van der Waals surface area contributed by atoms with E-state index >= 15 is 0 Å². The summed E-state index contributed by atoms with van der Waals surface area (Å²) in [5.74, 6) is -0.139. The van der Waals surface area contributed by atoms with Gasteiger partial charge in [0.15, 0.2) is 6.61 Å². The maximum atomic E-state index is 13.6. The molecule has 190 valence electrons. The Morgan fingerprint density at radius 1 is 0.944 bits per heavy atom. The van der Waals surface area contributed by atoms with Crippen LogP contribution in [-0.2, 0) is 22.6 Å². The minimum atomic E-state index is -0.788. The van der Waals surface area contributed by atoms with E-state index in [9.17, 15) is 9.59 Å². The fraction of sp³-hybridized carbons (Fsp3) is 0.286. The molecule has 0 spiro atoms. The van der Waals surface area contributed by atoms with E-state index in [4.69, 9.17) is 39.5 Å². The van der Waals surface area contributed by atoms with Gasteiger partial charge in [0.05, 0.1) is 0 Å². The molecule has 3 aromatic carbocycles. The molecule has 3 aromatic rings. The quantitative estimate of drug-likeness (QED) is 0.295. The highest BCUT2D eigenvalue weighted by molar-refractivity contribution is 6.35. The lowest BCUT2D eigenvalue weighted by atomic mass is 10.0. The standard InChI is InChI=1S/C28H29Cl3N2O3/c1-3-19(2)32-28(35)26(14-20-8-5-4-6-9-20)33(17-21-12-13-23(30)16-25(21)31)27(34)18-36-24-11-7-10-22(29)15-24/h4-13,15-16,19,26H,3,14,17-18H2,1-2H3,(H,32,35)/t19-,26-/m0/s1. The molecule has 36 heavy (non-hydrogen) atoms. The molecule has 0 saturated heterocycles. The molecule has 0 aliphatic heterocycles. The topological polar surface area (TPSA) is 58.6 Å². The fourth-order valence-electron chi connectivity index (χ4n) is 3.61. The molecule has 0 heterocycles. The molecule has 1 N–H and O–H groups in total. The van der Waals surface area contributed by atoms with E-state index in [0.717, 1.165) is 12.0 Å². The smallest absolute Gasteiger partial charge is 0.261 e. The summed E-state index contributed by atoms with van der Waals surface area (Å²) in [6.45, 7) is 3.76. The molecule has 0 bridgehead atoms. The molecule has 0 aliphatic rings. The summed E-state index contributed by atoms with van der Waals surface area (Å²) in [6, 6.07) is 20.7. The van der Waals surface area contributed by atoms with Crippen LogP contribution in [0, 0.1) is 0 Å². The lowest BCUT2D eigenvalue weighted by Crippen LogP contribution is -2.53. The van der Waals surface area contributed by atoms with Gasteiger partial charge in [0.1, 0.15) is 11.8 Å². The average molecular weight is 548 g/mol. The zero-order valence-electron chi connectivity index (χ0n) is 20.2. The van der Waals surface area contributed by atoms with Gasteiger partial charge in [-0.15, -0.1) is 0 Å². The Morgan fingerprint density at radius 2 is 1.67 bits per heavy atom. The first-order chi connectivity index (χ1) is 17.3. The number of hydrogen-bond donors (Lipinski definition) is 1. The maximum Gasteiger partial charge on any atom is 0.261 e. The minimum absolute atomic E-state index is 0.0467. The van der Waals surface area contributed by atoms with Crippen molar-refractivity contribution in [3.63, 3.8) is 0 Å². The Hall–Kier alpha value is -2.73. The predicted octanol–water partition coefficient (Wildman–Crippen LogP) is 6.58. The minimum Gasteiger partial charge on any atom is -0.484 e. The Balaban J connectivity index is 1.94. The van der Waals surface area contributed by atoms with Crippen LogP contribution in [0.25, 0.3) is 0 Å². The van der Waals surface area contributed by atoms with Crippen molar-refractivity contribution in [2.24, 2.45) is 0 Å². The monoisotopic (exact) mass is 546 g/mol. The predicted molar refractivity (Wildman–Crippen MR) is 146 cm³/mol. The average Bonchev–Trinajstić information content (AvgIpc) is 2.86. The Kier molecular flexibility index (Phi) is 10.5. The van der Waals surface area contributed by atoms with Crippen LogP contribution < -0.4 is 10.1 Å². The van der Waals surface area contributed by atoms with Crippen molar-refractivity contribution < 1.29 is 14.3 Å². The summed E-state index contributed by atoms with van der Waals surface area (Å²) in [5, 5.41) is 4.43. The molecule has 0 radical (unpaired) electrons. The van der Waals surface area contributed by atoms with E-state index in [1.54, 1.807) is 42.5 Å². The second kappa shape index (κ2) is 13.5. The van der Waals surface area contributed by atoms with Gasteiger partial charge < -0.3 is 15.0 Å². The SMILES string of the molecule is CC[C@H](C)NC(=O)[C@H](Cc1ccccc1)N(Cc1ccc(Cl)cc1Cl)C(=O)COc1cccc(Cl)c1. The highest BCUT2D eigenvalue weighted by atomic mass is 35.5. The zero-order chi connectivity index (χ0) is 26.1. The number of hydrogen-bond acceptors (Lipinski definition) is 3. The van der Waals surface area contributed by atoms with E-state index in [1.165, 1.54) is 4.90 Å². The Morgan fingerprint density at radius 3 is 2.33 bits per heavy atom. The van der Waals surface area contributed by atoms with Gasteiger partial charge in [-0.25, -0.2) is 0 Å². The van der Waals surface area contributed by atoms with Gasteiger partial charge in [-0.05, 0) is 54.8 Å². The number of nitrogens with one attached hydrogen (secondary N) is 1. The van der Waals surface area contributed by atoms with E-state index in [2.05, 4.69) is 5.32 Å². The van der Waals surface area contributed by atoms with E-state index in [0.29, 0.717) is 32.8 Å². The van der Waals surface area contributed by atoms with Crippen molar-refractivity contribution in [3.8, 4) is 5.75 Å². The number of ether oxygens (including phenoxy) is 1. The van der Waals surface area contributed by atoms with Gasteiger partial charge in [0.25, 0.3) is 5.91 Å². The summed E-state index contributed by atoms with van der Waals surface area (Å²) < 4.78 is 5.74. The van der Waals surface area contributed by atoms with Crippen molar-refractivity contribution in [1.82, 2.24) is 10.2 Å². The number of nitrogens with zero attached hydrogens (tertiary/aromatic N) is 1. The van der Waals surface area contributed by atoms with E-state index in [-0.39, 0.29) is 31.0 Å². The lowest BCUT2D eigenvalue weighted by Gasteiger charge is -2.32. The second-order valence-corrected chi connectivity index (χ2v) is 9.81. The molecule has 2 amide bonds. The van der Waals surface area contributed by atoms with Gasteiger partial charge in [0, 0.05) is 34.1 Å². The molecule has 0 aromatic heterocycles. The summed E-state index contributed by atoms with van der Waals surface area (Å²) in [5.41, 5.74) is 1.60. The van der Waals surface area contributed by atoms with Crippen molar-refractivity contribution >= 4 is 46.6 Å². The summed E-state index contributed by atoms with van der Waals surface area (Å²) in [6.07, 6.45) is 1.09. The third-order valence-corrected chi connectivity index (χ3v) is 6.61. The highest BCUT2D eigenvalue weighted by Crippen LogP contribution is 2.24. The molecule has 2 atom stereocenters. The Labute approximate surface area is 227 Å². The first-order valence-electron chi connectivity index (χ1n) is 11.7. The van der Waals surface area contributed by atoms with Gasteiger partial charge in [-0.1, -0.05) is 84.2 Å². The molecular weight excluding hydrogens is 519 g/mol. The van der Waals surface area contributed by atoms with Crippen molar-refractivity contribution in [1.29, 1.82) is 0 Å². The molecular formula is C28H29Cl3N2O3. The normalized spacial score (nSPS) is 12.5. The maximum absolute atomic E-state index is 13.6. The van der Waals surface area contributed by atoms with Crippen molar-refractivity contribution in [2.45, 2.75) is 45.3 Å².